The summed E-state index contributed by atoms with van der Waals surface area (Å²) in [5.41, 5.74) is 8.60. The molecule has 3 unspecified atom stereocenters. The van der Waals surface area contributed by atoms with Gasteiger partial charge in [-0.25, -0.2) is 0 Å². The van der Waals surface area contributed by atoms with Crippen LogP contribution in [0.3, 0.4) is 0 Å². The van der Waals surface area contributed by atoms with Gasteiger partial charge in [-0.1, -0.05) is 213 Å². The van der Waals surface area contributed by atoms with Crippen LogP contribution in [0.4, 0.5) is 0 Å². The maximum Gasteiger partial charge on any atom is 0.305 e. The Morgan fingerprint density at radius 2 is 0.753 bits per heavy atom. The second-order valence-corrected chi connectivity index (χ2v) is 22.1. The number of hydrogen-bond donors (Lipinski definition) is 3. The van der Waals surface area contributed by atoms with Crippen LogP contribution >= 0.6 is 7.82 Å². The molecule has 16 heteroatoms. The molecule has 0 aromatic rings. The molecule has 0 saturated carbocycles. The van der Waals surface area contributed by atoms with E-state index in [0.717, 1.165) is 90.2 Å². The lowest BCUT2D eigenvalue weighted by molar-refractivity contribution is -0.373. The molecule has 464 valence electrons. The molecule has 0 aliphatic carbocycles. The molecule has 6 N–H and O–H groups in total. The number of rotatable bonds is 60. The van der Waals surface area contributed by atoms with Crippen molar-refractivity contribution in [3.05, 3.63) is 0 Å². The number of aliphatic hydroxyl groups is 1. The Morgan fingerprint density at radius 1 is 0.442 bits per heavy atom. The van der Waals surface area contributed by atoms with Crippen LogP contribution in [0.1, 0.15) is 285 Å². The van der Waals surface area contributed by atoms with Crippen LogP contribution in [-0.2, 0) is 51.6 Å². The highest BCUT2D eigenvalue weighted by Crippen LogP contribution is 2.38. The van der Waals surface area contributed by atoms with Crippen molar-refractivity contribution in [1.82, 2.24) is 0 Å². The number of esters is 2. The molecule has 0 spiro atoms. The van der Waals surface area contributed by atoms with Gasteiger partial charge in [-0.05, 0) is 65.3 Å². The first-order valence-corrected chi connectivity index (χ1v) is 33.5. The Bertz CT molecular complexity index is 1190. The molecule has 77 heavy (non-hydrogen) atoms. The smallest absolute Gasteiger partial charge is 0.305 e. The first-order valence-electron chi connectivity index (χ1n) is 32.0. The number of ether oxygens (including phenoxy) is 6. The summed E-state index contributed by atoms with van der Waals surface area (Å²) in [5.74, 6) is -0.264. The minimum atomic E-state index is -4.38. The summed E-state index contributed by atoms with van der Waals surface area (Å²) in [4.78, 5) is 34.5. The third-order valence-electron chi connectivity index (χ3n) is 13.1. The average Bonchev–Trinajstić information content (AvgIpc) is 3.42. The van der Waals surface area contributed by atoms with Gasteiger partial charge in [0.15, 0.2) is 0 Å². The van der Waals surface area contributed by atoms with Gasteiger partial charge in [0, 0.05) is 39.3 Å². The number of hydrogen-bond acceptors (Lipinski definition) is 14. The van der Waals surface area contributed by atoms with E-state index in [2.05, 4.69) is 26.5 Å². The van der Waals surface area contributed by atoms with E-state index in [-0.39, 0.29) is 44.5 Å². The van der Waals surface area contributed by atoms with E-state index in [0.29, 0.717) is 59.0 Å². The van der Waals surface area contributed by atoms with Crippen molar-refractivity contribution < 1.29 is 67.4 Å². The third kappa shape index (κ3) is 70.8. The average molecular weight is 1130 g/mol. The minimum absolute atomic E-state index is 0.00159. The van der Waals surface area contributed by atoms with Crippen molar-refractivity contribution in [2.24, 2.45) is 5.73 Å². The normalized spacial score (nSPS) is 12.8. The van der Waals surface area contributed by atoms with Gasteiger partial charge >= 0.3 is 11.9 Å². The van der Waals surface area contributed by atoms with Crippen LogP contribution in [0.2, 0.25) is 0 Å². The maximum atomic E-state index is 11.9. The fourth-order valence-electron chi connectivity index (χ4n) is 8.33. The number of phosphoric acid groups is 1. The zero-order valence-electron chi connectivity index (χ0n) is 51.0. The molecule has 15 nitrogen and oxygen atoms in total. The summed E-state index contributed by atoms with van der Waals surface area (Å²) in [6, 6.07) is 0. The van der Waals surface area contributed by atoms with Gasteiger partial charge in [0.25, 0.3) is 7.82 Å². The number of quaternary nitrogens is 1. The number of carbonyl (C=O) groups is 2. The van der Waals surface area contributed by atoms with Crippen molar-refractivity contribution >= 4 is 19.8 Å². The highest BCUT2D eigenvalue weighted by molar-refractivity contribution is 7.45. The molecule has 0 aliphatic rings. The minimum Gasteiger partial charge on any atom is -0.756 e. The van der Waals surface area contributed by atoms with Gasteiger partial charge < -0.3 is 58.9 Å². The molecule has 0 rings (SSSR count). The Kier molecular flexibility index (Phi) is 71.7. The number of phosphoric ester groups is 1. The molecule has 0 fully saturated rings. The van der Waals surface area contributed by atoms with Crippen LogP contribution in [-0.4, -0.2) is 115 Å². The third-order valence-corrected chi connectivity index (χ3v) is 14.0. The van der Waals surface area contributed by atoms with Gasteiger partial charge in [0.1, 0.15) is 18.8 Å². The highest BCUT2D eigenvalue weighted by atomic mass is 31.2. The van der Waals surface area contributed by atoms with Crippen LogP contribution in [0.25, 0.3) is 0 Å². The van der Waals surface area contributed by atoms with Gasteiger partial charge in [-0.15, -0.1) is 0 Å². The lowest BCUT2D eigenvalue weighted by Crippen LogP contribution is -2.52. The zero-order valence-corrected chi connectivity index (χ0v) is 51.9. The topological polar surface area (TPSA) is 222 Å². The number of aliphatic hydroxyl groups excluding tert-OH is 1. The van der Waals surface area contributed by atoms with Crippen LogP contribution < -0.4 is 16.4 Å². The van der Waals surface area contributed by atoms with Gasteiger partial charge in [0.05, 0.1) is 46.2 Å². The largest absolute Gasteiger partial charge is 0.756 e. The molecule has 3 atom stereocenters. The van der Waals surface area contributed by atoms with E-state index in [1.165, 1.54) is 161 Å². The summed E-state index contributed by atoms with van der Waals surface area (Å²) in [7, 11) is -4.38. The molecule has 0 amide bonds. The SMILES string of the molecule is CCCCCCCCCCCCCCCCOCC(CO)OCCCCCCC(=O)OCC.CCCCCCCCCCCCCCCCOCC(COP(=O)([O-])OCC[NH3+])OCCCCCCC(=O)OCC.CCCN. The van der Waals surface area contributed by atoms with Gasteiger partial charge in [0.2, 0.25) is 0 Å². The second kappa shape index (κ2) is 69.0. The van der Waals surface area contributed by atoms with Crippen LogP contribution in [0.15, 0.2) is 0 Å². The lowest BCUT2D eigenvalue weighted by atomic mass is 10.0. The van der Waals surface area contributed by atoms with E-state index in [9.17, 15) is 24.2 Å². The summed E-state index contributed by atoms with van der Waals surface area (Å²) >= 11 is 0. The molecular weight excluding hydrogens is 1000 g/mol. The lowest BCUT2D eigenvalue weighted by Gasteiger charge is -2.25. The van der Waals surface area contributed by atoms with E-state index < -0.39 is 13.9 Å². The second-order valence-electron chi connectivity index (χ2n) is 20.7. The molecule has 0 saturated heterocycles. The molecule has 0 heterocycles. The highest BCUT2D eigenvalue weighted by Gasteiger charge is 2.17. The summed E-state index contributed by atoms with van der Waals surface area (Å²) in [6.07, 6.45) is 45.9. The zero-order chi connectivity index (χ0) is 57.2. The quantitative estimate of drug-likeness (QED) is 0.0293. The predicted octanol–water partition coefficient (Wildman–Crippen LogP) is 13.9. The fourth-order valence-corrected chi connectivity index (χ4v) is 9.11. The molecule has 0 aliphatic heterocycles. The predicted molar refractivity (Wildman–Crippen MR) is 315 cm³/mol. The van der Waals surface area contributed by atoms with Crippen LogP contribution in [0.5, 0.6) is 0 Å². The van der Waals surface area contributed by atoms with Crippen molar-refractivity contribution in [3.8, 4) is 0 Å². The Hall–Kier alpha value is -1.23. The number of carbonyl (C=O) groups excluding carboxylic acids is 2. The molecule has 0 aromatic heterocycles. The van der Waals surface area contributed by atoms with Gasteiger partial charge in [-0.3, -0.25) is 14.2 Å². The van der Waals surface area contributed by atoms with Gasteiger partial charge in [-0.2, -0.15) is 0 Å². The Morgan fingerprint density at radius 3 is 1.08 bits per heavy atom. The van der Waals surface area contributed by atoms with Crippen molar-refractivity contribution in [2.75, 3.05) is 85.8 Å². The standard InChI is InChI=1S/C30H62NO8P.C28H56O5.C3H9N/c1-3-5-6-7-8-9-10-11-12-13-14-15-17-20-24-35-27-29(28-39-40(33,34)38-26-23-31)37-25-21-18-16-19-22-30(32)36-4-2;1-3-5-6-7-8-9-10-11-12-13-14-15-17-20-23-31-26-27(25-29)33-24-21-18-16-19-22-28(30)32-4-2;1-2-3-4/h29H,3-28,31H2,1-2H3,(H,33,34);27,29H,3-26H2,1-2H3;2-4H2,1H3. The molecule has 0 radical (unpaired) electrons. The fraction of sp³-hybridized carbons (Fsp3) is 0.967. The Balaban J connectivity index is -0.00000135. The molecule has 0 bridgehead atoms. The number of nitrogens with two attached hydrogens (primary N) is 1. The van der Waals surface area contributed by atoms with Crippen molar-refractivity contribution in [2.45, 2.75) is 297 Å². The first kappa shape index (κ1) is 80.0. The van der Waals surface area contributed by atoms with E-state index in [1.807, 2.05) is 6.92 Å². The van der Waals surface area contributed by atoms with E-state index >= 15 is 0 Å². The summed E-state index contributed by atoms with van der Waals surface area (Å²) in [5, 5.41) is 9.45. The van der Waals surface area contributed by atoms with E-state index in [1.54, 1.807) is 6.92 Å². The Labute approximate surface area is 474 Å². The maximum absolute atomic E-state index is 11.9. The molecular formula is C61H127N2O13P. The number of unbranched alkanes of at least 4 members (excludes halogenated alkanes) is 32. The van der Waals surface area contributed by atoms with Crippen LogP contribution in [0, 0.1) is 0 Å². The first-order chi connectivity index (χ1) is 37.6. The summed E-state index contributed by atoms with van der Waals surface area (Å²) in [6.45, 7) is 15.3. The molecule has 0 aromatic carbocycles. The summed E-state index contributed by atoms with van der Waals surface area (Å²) < 4.78 is 54.6. The monoisotopic (exact) mass is 1130 g/mol. The van der Waals surface area contributed by atoms with E-state index in [4.69, 9.17) is 43.2 Å². The van der Waals surface area contributed by atoms with Crippen molar-refractivity contribution in [1.29, 1.82) is 0 Å². The van der Waals surface area contributed by atoms with Crippen molar-refractivity contribution in [3.63, 3.8) is 0 Å².